The van der Waals surface area contributed by atoms with E-state index in [9.17, 15) is 4.79 Å². The molecule has 0 aliphatic rings. The highest BCUT2D eigenvalue weighted by Gasteiger charge is 2.13. The Kier molecular flexibility index (Phi) is 7.16. The molecule has 2 aromatic rings. The highest BCUT2D eigenvalue weighted by molar-refractivity contribution is 5.70. The van der Waals surface area contributed by atoms with Crippen LogP contribution < -0.4 is 11.3 Å². The second-order valence-corrected chi connectivity index (χ2v) is 5.41. The second kappa shape index (κ2) is 9.36. The van der Waals surface area contributed by atoms with Crippen LogP contribution in [0.3, 0.4) is 0 Å². The Hall–Kier alpha value is -1.97. The van der Waals surface area contributed by atoms with Crippen molar-refractivity contribution < 1.29 is 14.2 Å². The summed E-state index contributed by atoms with van der Waals surface area (Å²) in [6.07, 6.45) is 3.18. The van der Waals surface area contributed by atoms with E-state index >= 15 is 0 Å². The Morgan fingerprint density at radius 3 is 2.54 bits per heavy atom. The molecule has 0 fully saturated rings. The van der Waals surface area contributed by atoms with Gasteiger partial charge >= 0.3 is 0 Å². The topological polar surface area (TPSA) is 117 Å². The van der Waals surface area contributed by atoms with E-state index in [1.165, 1.54) is 6.33 Å². The van der Waals surface area contributed by atoms with Crippen molar-refractivity contribution in [2.75, 3.05) is 32.2 Å². The van der Waals surface area contributed by atoms with E-state index in [0.29, 0.717) is 32.1 Å². The predicted molar refractivity (Wildman–Crippen MR) is 89.7 cm³/mol. The number of nitrogens with two attached hydrogens (primary N) is 1. The first-order valence-corrected chi connectivity index (χ1v) is 8.13. The zero-order valence-electron chi connectivity index (χ0n) is 14.2. The van der Waals surface area contributed by atoms with Gasteiger partial charge in [-0.15, -0.1) is 0 Å². The molecule has 24 heavy (non-hydrogen) atoms. The molecule has 0 bridgehead atoms. The number of anilines is 1. The van der Waals surface area contributed by atoms with Crippen molar-refractivity contribution in [2.45, 2.75) is 39.5 Å². The van der Waals surface area contributed by atoms with Gasteiger partial charge in [0.2, 0.25) is 5.95 Å². The van der Waals surface area contributed by atoms with Gasteiger partial charge in [0.05, 0.1) is 19.5 Å². The molecule has 0 aliphatic heterocycles. The average molecular weight is 339 g/mol. The molecular formula is C15H25N5O4. The van der Waals surface area contributed by atoms with Gasteiger partial charge in [-0.05, 0) is 12.8 Å². The van der Waals surface area contributed by atoms with Crippen LogP contribution in [-0.4, -0.2) is 52.1 Å². The number of H-pyrrole nitrogens is 1. The maximum Gasteiger partial charge on any atom is 0.280 e. The first-order valence-electron chi connectivity index (χ1n) is 8.13. The Bertz CT molecular complexity index is 674. The van der Waals surface area contributed by atoms with Crippen molar-refractivity contribution in [3.63, 3.8) is 0 Å². The molecule has 2 heterocycles. The third-order valence-corrected chi connectivity index (χ3v) is 3.25. The molecular weight excluding hydrogens is 314 g/mol. The number of fused-ring (bicyclic) bond motifs is 1. The zero-order valence-corrected chi connectivity index (χ0v) is 14.2. The largest absolute Gasteiger partial charge is 0.379 e. The van der Waals surface area contributed by atoms with Crippen molar-refractivity contribution in [1.82, 2.24) is 19.5 Å². The lowest BCUT2D eigenvalue weighted by molar-refractivity contribution is -0.0809. The maximum absolute atomic E-state index is 11.8. The minimum atomic E-state index is -0.370. The maximum atomic E-state index is 11.8. The summed E-state index contributed by atoms with van der Waals surface area (Å²) in [5, 5.41) is 0. The normalized spacial score (nSPS) is 11.6. The van der Waals surface area contributed by atoms with Gasteiger partial charge in [-0.1, -0.05) is 13.8 Å². The minimum Gasteiger partial charge on any atom is -0.379 e. The summed E-state index contributed by atoms with van der Waals surface area (Å²) < 4.78 is 18.6. The summed E-state index contributed by atoms with van der Waals surface area (Å²) in [6.45, 7) is 6.52. The molecule has 0 radical (unpaired) electrons. The number of hydrogen-bond donors (Lipinski definition) is 2. The summed E-state index contributed by atoms with van der Waals surface area (Å²) in [6, 6.07) is 0. The predicted octanol–water partition coefficient (Wildman–Crippen LogP) is 0.898. The lowest BCUT2D eigenvalue weighted by Gasteiger charge is -2.18. The number of aromatic amines is 1. The van der Waals surface area contributed by atoms with Gasteiger partial charge in [0.15, 0.2) is 11.2 Å². The molecule has 9 heteroatoms. The summed E-state index contributed by atoms with van der Waals surface area (Å²) in [7, 11) is 0. The molecule has 0 saturated heterocycles. The van der Waals surface area contributed by atoms with Crippen LogP contribution in [0.1, 0.15) is 26.7 Å². The van der Waals surface area contributed by atoms with Crippen LogP contribution in [0.4, 0.5) is 5.95 Å². The van der Waals surface area contributed by atoms with Crippen LogP contribution in [0.25, 0.3) is 11.2 Å². The van der Waals surface area contributed by atoms with Crippen LogP contribution in [0, 0.1) is 0 Å². The number of nitrogen functional groups attached to an aromatic ring is 1. The number of hydrogen-bond acceptors (Lipinski definition) is 7. The van der Waals surface area contributed by atoms with E-state index in [2.05, 4.69) is 28.8 Å². The molecule has 0 spiro atoms. The molecule has 3 N–H and O–H groups in total. The zero-order chi connectivity index (χ0) is 17.4. The third-order valence-electron chi connectivity index (χ3n) is 3.25. The summed E-state index contributed by atoms with van der Waals surface area (Å²) in [5.41, 5.74) is 5.83. The molecule has 9 nitrogen and oxygen atoms in total. The SMILES string of the molecule is CCCOCC(COCCC)OCn1cnc2c(=O)[nH]c(N)nc21. The number of rotatable bonds is 11. The quantitative estimate of drug-likeness (QED) is 0.584. The molecule has 0 atom stereocenters. The smallest absolute Gasteiger partial charge is 0.280 e. The van der Waals surface area contributed by atoms with E-state index in [0.717, 1.165) is 12.8 Å². The molecule has 0 amide bonds. The van der Waals surface area contributed by atoms with E-state index in [1.807, 2.05) is 0 Å². The Labute approximate surface area is 140 Å². The van der Waals surface area contributed by atoms with Crippen LogP contribution >= 0.6 is 0 Å². The van der Waals surface area contributed by atoms with Crippen molar-refractivity contribution >= 4 is 17.1 Å². The Morgan fingerprint density at radius 1 is 1.25 bits per heavy atom. The molecule has 2 aromatic heterocycles. The Morgan fingerprint density at radius 2 is 1.92 bits per heavy atom. The molecule has 0 aliphatic carbocycles. The first-order chi connectivity index (χ1) is 11.7. The summed E-state index contributed by atoms with van der Waals surface area (Å²) in [5.74, 6) is 0.0448. The van der Waals surface area contributed by atoms with E-state index in [4.69, 9.17) is 19.9 Å². The highest BCUT2D eigenvalue weighted by Crippen LogP contribution is 2.08. The first kappa shape index (κ1) is 18.4. The summed E-state index contributed by atoms with van der Waals surface area (Å²) in [4.78, 5) is 22.3. The lowest BCUT2D eigenvalue weighted by atomic mass is 10.4. The number of nitrogens with zero attached hydrogens (tertiary/aromatic N) is 3. The number of aromatic nitrogens is 4. The van der Waals surface area contributed by atoms with Gasteiger partial charge in [-0.2, -0.15) is 4.98 Å². The van der Waals surface area contributed by atoms with E-state index in [1.54, 1.807) is 4.57 Å². The standard InChI is InChI=1S/C15H25N5O4/c1-3-5-22-7-11(8-23-6-4-2)24-10-20-9-17-12-13(20)18-15(16)19-14(12)21/h9,11H,3-8,10H2,1-2H3,(H3,16,18,19,21). The number of nitrogens with one attached hydrogen (secondary N) is 1. The average Bonchev–Trinajstić information content (AvgIpc) is 2.95. The molecule has 0 saturated carbocycles. The van der Waals surface area contributed by atoms with Gasteiger partial charge in [-0.25, -0.2) is 4.98 Å². The third kappa shape index (κ3) is 5.02. The van der Waals surface area contributed by atoms with Gasteiger partial charge in [0, 0.05) is 13.2 Å². The van der Waals surface area contributed by atoms with Crippen molar-refractivity contribution in [3.8, 4) is 0 Å². The molecule has 134 valence electrons. The van der Waals surface area contributed by atoms with Crippen LogP contribution in [0.5, 0.6) is 0 Å². The molecule has 2 rings (SSSR count). The van der Waals surface area contributed by atoms with E-state index in [-0.39, 0.29) is 29.9 Å². The fraction of sp³-hybridized carbons (Fsp3) is 0.667. The fourth-order valence-electron chi connectivity index (χ4n) is 2.11. The molecule has 0 aromatic carbocycles. The fourth-order valence-corrected chi connectivity index (χ4v) is 2.11. The number of ether oxygens (including phenoxy) is 3. The second-order valence-electron chi connectivity index (χ2n) is 5.41. The monoisotopic (exact) mass is 339 g/mol. The minimum absolute atomic E-state index is 0.0448. The molecule has 0 unspecified atom stereocenters. The van der Waals surface area contributed by atoms with Gasteiger partial charge < -0.3 is 19.9 Å². The van der Waals surface area contributed by atoms with Gasteiger partial charge in [0.1, 0.15) is 12.8 Å². The summed E-state index contributed by atoms with van der Waals surface area (Å²) >= 11 is 0. The van der Waals surface area contributed by atoms with Crippen LogP contribution in [0.15, 0.2) is 11.1 Å². The Balaban J connectivity index is 2.00. The highest BCUT2D eigenvalue weighted by atomic mass is 16.6. The lowest BCUT2D eigenvalue weighted by Crippen LogP contribution is -2.27. The van der Waals surface area contributed by atoms with Gasteiger partial charge in [-0.3, -0.25) is 14.3 Å². The number of imidazole rings is 1. The van der Waals surface area contributed by atoms with E-state index < -0.39 is 0 Å². The van der Waals surface area contributed by atoms with Crippen molar-refractivity contribution in [3.05, 3.63) is 16.7 Å². The van der Waals surface area contributed by atoms with Crippen molar-refractivity contribution in [1.29, 1.82) is 0 Å². The van der Waals surface area contributed by atoms with Crippen LogP contribution in [-0.2, 0) is 20.9 Å². The van der Waals surface area contributed by atoms with Crippen LogP contribution in [0.2, 0.25) is 0 Å². The van der Waals surface area contributed by atoms with Crippen molar-refractivity contribution in [2.24, 2.45) is 0 Å². The van der Waals surface area contributed by atoms with Gasteiger partial charge in [0.25, 0.3) is 5.56 Å².